The first-order chi connectivity index (χ1) is 10.2. The van der Waals surface area contributed by atoms with Crippen molar-refractivity contribution < 1.29 is 4.74 Å². The highest BCUT2D eigenvalue weighted by atomic mass is 32.1. The van der Waals surface area contributed by atoms with Gasteiger partial charge in [0, 0.05) is 18.0 Å². The van der Waals surface area contributed by atoms with Crippen LogP contribution in [0.2, 0.25) is 0 Å². The van der Waals surface area contributed by atoms with Crippen molar-refractivity contribution in [3.63, 3.8) is 0 Å². The Morgan fingerprint density at radius 3 is 3.05 bits per heavy atom. The second-order valence-electron chi connectivity index (χ2n) is 5.59. The Bertz CT molecular complexity index is 627. The summed E-state index contributed by atoms with van der Waals surface area (Å²) in [6, 6.07) is 2.76. The first-order valence-corrected chi connectivity index (χ1v) is 8.28. The summed E-state index contributed by atoms with van der Waals surface area (Å²) in [5.74, 6) is 1.33. The summed E-state index contributed by atoms with van der Waals surface area (Å²) in [6.07, 6.45) is 3.63. The van der Waals surface area contributed by atoms with Crippen LogP contribution >= 0.6 is 11.3 Å². The molecule has 114 valence electrons. The Labute approximate surface area is 129 Å². The minimum absolute atomic E-state index is 0.623. The van der Waals surface area contributed by atoms with Gasteiger partial charge in [0.2, 0.25) is 11.8 Å². The van der Waals surface area contributed by atoms with Gasteiger partial charge in [0.1, 0.15) is 4.83 Å². The number of thiophene rings is 1. The lowest BCUT2D eigenvalue weighted by Gasteiger charge is -2.19. The molecule has 0 amide bonds. The molecule has 21 heavy (non-hydrogen) atoms. The second-order valence-corrected chi connectivity index (χ2v) is 6.83. The van der Waals surface area contributed by atoms with Crippen LogP contribution in [0.3, 0.4) is 0 Å². The number of rotatable bonds is 5. The first-order valence-electron chi connectivity index (χ1n) is 7.46. The molecule has 6 heteroatoms. The molecule has 1 aliphatic heterocycles. The zero-order valence-corrected chi connectivity index (χ0v) is 13.7. The Kier molecular flexibility index (Phi) is 4.26. The van der Waals surface area contributed by atoms with Gasteiger partial charge in [0.15, 0.2) is 0 Å². The van der Waals surface area contributed by atoms with E-state index in [0.717, 1.165) is 16.6 Å². The molecule has 0 aliphatic carbocycles. The number of hydrogen-bond donors (Lipinski definition) is 1. The van der Waals surface area contributed by atoms with E-state index < -0.39 is 0 Å². The van der Waals surface area contributed by atoms with Crippen molar-refractivity contribution in [2.45, 2.75) is 32.2 Å². The standard InChI is InChI=1S/C15H22N4OS/c1-10-9-12-13(17-15(16-2)18-14(12)21-10)20-8-6-11-5-4-7-19(11)3/h9,11H,4-8H2,1-3H3,(H,16,17,18). The third-order valence-electron chi connectivity index (χ3n) is 4.07. The molecule has 3 heterocycles. The number of aromatic nitrogens is 2. The SMILES string of the molecule is CNc1nc(OCCC2CCCN2C)c2cc(C)sc2n1. The van der Waals surface area contributed by atoms with Crippen LogP contribution in [0.4, 0.5) is 5.95 Å². The Balaban J connectivity index is 1.73. The summed E-state index contributed by atoms with van der Waals surface area (Å²) in [5.41, 5.74) is 0. The Hall–Kier alpha value is -1.40. The van der Waals surface area contributed by atoms with Crippen LogP contribution in [0.5, 0.6) is 5.88 Å². The summed E-state index contributed by atoms with van der Waals surface area (Å²) < 4.78 is 5.97. The van der Waals surface area contributed by atoms with E-state index in [0.29, 0.717) is 24.5 Å². The third-order valence-corrected chi connectivity index (χ3v) is 5.01. The molecule has 0 aromatic carbocycles. The van der Waals surface area contributed by atoms with Gasteiger partial charge in [0.25, 0.3) is 0 Å². The summed E-state index contributed by atoms with van der Waals surface area (Å²) in [7, 11) is 4.03. The lowest BCUT2D eigenvalue weighted by atomic mass is 10.1. The summed E-state index contributed by atoms with van der Waals surface area (Å²) in [4.78, 5) is 13.6. The molecule has 0 bridgehead atoms. The molecule has 3 rings (SSSR count). The van der Waals surface area contributed by atoms with Gasteiger partial charge in [-0.15, -0.1) is 11.3 Å². The van der Waals surface area contributed by atoms with Crippen molar-refractivity contribution in [1.29, 1.82) is 0 Å². The maximum Gasteiger partial charge on any atom is 0.227 e. The number of ether oxygens (including phenoxy) is 1. The van der Waals surface area contributed by atoms with Crippen molar-refractivity contribution in [2.75, 3.05) is 32.6 Å². The lowest BCUT2D eigenvalue weighted by molar-refractivity contribution is 0.230. The van der Waals surface area contributed by atoms with Gasteiger partial charge in [-0.1, -0.05) is 0 Å². The van der Waals surface area contributed by atoms with Crippen LogP contribution in [0.15, 0.2) is 6.07 Å². The van der Waals surface area contributed by atoms with Crippen LogP contribution in [0, 0.1) is 6.92 Å². The molecule has 0 radical (unpaired) electrons. The molecule has 1 N–H and O–H groups in total. The normalized spacial score (nSPS) is 19.3. The predicted octanol–water partition coefficient (Wildman–Crippen LogP) is 2.90. The molecule has 1 aliphatic rings. The highest BCUT2D eigenvalue weighted by Gasteiger charge is 2.20. The average molecular weight is 306 g/mol. The molecule has 5 nitrogen and oxygen atoms in total. The lowest BCUT2D eigenvalue weighted by Crippen LogP contribution is -2.26. The maximum atomic E-state index is 5.97. The quantitative estimate of drug-likeness (QED) is 0.920. The van der Waals surface area contributed by atoms with Gasteiger partial charge < -0.3 is 15.0 Å². The fourth-order valence-corrected chi connectivity index (χ4v) is 3.74. The smallest absolute Gasteiger partial charge is 0.227 e. The zero-order chi connectivity index (χ0) is 14.8. The number of likely N-dealkylation sites (tertiary alicyclic amines) is 1. The molecule has 2 aromatic heterocycles. The Morgan fingerprint density at radius 1 is 1.48 bits per heavy atom. The van der Waals surface area contributed by atoms with Gasteiger partial charge in [-0.2, -0.15) is 4.98 Å². The molecule has 1 unspecified atom stereocenters. The predicted molar refractivity (Wildman–Crippen MR) is 87.5 cm³/mol. The minimum atomic E-state index is 0.623. The number of aryl methyl sites for hydroxylation is 1. The number of fused-ring (bicyclic) bond motifs is 1. The number of anilines is 1. The van der Waals surface area contributed by atoms with Crippen molar-refractivity contribution in [1.82, 2.24) is 14.9 Å². The molecular formula is C15H22N4OS. The van der Waals surface area contributed by atoms with Crippen molar-refractivity contribution in [3.8, 4) is 5.88 Å². The second kappa shape index (κ2) is 6.15. The molecular weight excluding hydrogens is 284 g/mol. The van der Waals surface area contributed by atoms with E-state index in [4.69, 9.17) is 4.74 Å². The molecule has 1 fully saturated rings. The third kappa shape index (κ3) is 3.11. The van der Waals surface area contributed by atoms with Gasteiger partial charge >= 0.3 is 0 Å². The monoisotopic (exact) mass is 306 g/mol. The zero-order valence-electron chi connectivity index (χ0n) is 12.8. The van der Waals surface area contributed by atoms with Crippen LogP contribution in [0.25, 0.3) is 10.2 Å². The minimum Gasteiger partial charge on any atom is -0.477 e. The first kappa shape index (κ1) is 14.5. The highest BCUT2D eigenvalue weighted by molar-refractivity contribution is 7.18. The van der Waals surface area contributed by atoms with E-state index in [9.17, 15) is 0 Å². The number of nitrogens with zero attached hydrogens (tertiary/aromatic N) is 3. The fraction of sp³-hybridized carbons (Fsp3) is 0.600. The average Bonchev–Trinajstić information content (AvgIpc) is 3.04. The van der Waals surface area contributed by atoms with Crippen LogP contribution in [-0.4, -0.2) is 48.2 Å². The van der Waals surface area contributed by atoms with Gasteiger partial charge in [0.05, 0.1) is 12.0 Å². The van der Waals surface area contributed by atoms with Gasteiger partial charge in [-0.3, -0.25) is 0 Å². The van der Waals surface area contributed by atoms with Crippen molar-refractivity contribution >= 4 is 27.5 Å². The molecule has 0 saturated carbocycles. The topological polar surface area (TPSA) is 50.3 Å². The van der Waals surface area contributed by atoms with Gasteiger partial charge in [-0.25, -0.2) is 4.98 Å². The fourth-order valence-electron chi connectivity index (χ4n) is 2.87. The van der Waals surface area contributed by atoms with E-state index in [1.165, 1.54) is 24.3 Å². The highest BCUT2D eigenvalue weighted by Crippen LogP contribution is 2.31. The summed E-state index contributed by atoms with van der Waals surface area (Å²) in [6.45, 7) is 4.00. The number of hydrogen-bond acceptors (Lipinski definition) is 6. The number of nitrogens with one attached hydrogen (secondary N) is 1. The molecule has 1 atom stereocenters. The summed E-state index contributed by atoms with van der Waals surface area (Å²) >= 11 is 1.68. The van der Waals surface area contributed by atoms with Crippen molar-refractivity contribution in [3.05, 3.63) is 10.9 Å². The van der Waals surface area contributed by atoms with Crippen molar-refractivity contribution in [2.24, 2.45) is 0 Å². The molecule has 2 aromatic rings. The largest absolute Gasteiger partial charge is 0.477 e. The van der Waals surface area contributed by atoms with E-state index >= 15 is 0 Å². The van der Waals surface area contributed by atoms with Crippen LogP contribution < -0.4 is 10.1 Å². The molecule has 0 spiro atoms. The molecule has 1 saturated heterocycles. The van der Waals surface area contributed by atoms with E-state index in [1.807, 2.05) is 7.05 Å². The van der Waals surface area contributed by atoms with E-state index in [2.05, 4.69) is 40.2 Å². The van der Waals surface area contributed by atoms with E-state index in [-0.39, 0.29) is 0 Å². The summed E-state index contributed by atoms with van der Waals surface area (Å²) in [5, 5.41) is 4.03. The van der Waals surface area contributed by atoms with Gasteiger partial charge in [-0.05, 0) is 45.8 Å². The maximum absolute atomic E-state index is 5.97. The Morgan fingerprint density at radius 2 is 2.33 bits per heavy atom. The van der Waals surface area contributed by atoms with Crippen LogP contribution in [-0.2, 0) is 0 Å². The van der Waals surface area contributed by atoms with E-state index in [1.54, 1.807) is 11.3 Å². The van der Waals surface area contributed by atoms with Crippen LogP contribution in [0.1, 0.15) is 24.1 Å².